The molecular weight excluding hydrogens is 492 g/mol. The van der Waals surface area contributed by atoms with Gasteiger partial charge in [-0.1, -0.05) is 35.5 Å². The van der Waals surface area contributed by atoms with Gasteiger partial charge in [-0.25, -0.2) is 9.79 Å². The summed E-state index contributed by atoms with van der Waals surface area (Å²) in [6.07, 6.45) is 8.47. The number of fused-ring (bicyclic) bond motifs is 1. The summed E-state index contributed by atoms with van der Waals surface area (Å²) in [5.41, 5.74) is 1.44. The number of rotatable bonds is 9. The lowest BCUT2D eigenvalue weighted by molar-refractivity contribution is -0.136. The van der Waals surface area contributed by atoms with E-state index in [9.17, 15) is 9.59 Å². The molecule has 0 spiro atoms. The van der Waals surface area contributed by atoms with E-state index in [-0.39, 0.29) is 17.7 Å². The van der Waals surface area contributed by atoms with E-state index in [4.69, 9.17) is 25.4 Å². The number of thiazole rings is 1. The maximum absolute atomic E-state index is 13.6. The molecule has 1 aromatic heterocycles. The number of ether oxygens (including phenoxy) is 4. The SMILES string of the molecule is C#CCOc1ccc(/C=c2\sc3n(c2=O)[C@H](c2ccc(OCC)c(OCC)c2)C(C(=O)OC)=CN=3)cc1. The number of nitrogens with zero attached hydrogens (tertiary/aromatic N) is 2. The first kappa shape index (κ1) is 25.8. The van der Waals surface area contributed by atoms with Crippen LogP contribution in [0.5, 0.6) is 17.2 Å². The van der Waals surface area contributed by atoms with E-state index >= 15 is 0 Å². The van der Waals surface area contributed by atoms with Crippen LogP contribution >= 0.6 is 11.3 Å². The second kappa shape index (κ2) is 11.6. The minimum Gasteiger partial charge on any atom is -0.490 e. The number of carbonyl (C=O) groups excluding carboxylic acids is 1. The summed E-state index contributed by atoms with van der Waals surface area (Å²) in [4.78, 5) is 31.2. The van der Waals surface area contributed by atoms with Gasteiger partial charge in [0.1, 0.15) is 12.4 Å². The number of terminal acetylenes is 1. The number of aromatic nitrogens is 1. The lowest BCUT2D eigenvalue weighted by Gasteiger charge is -2.23. The summed E-state index contributed by atoms with van der Waals surface area (Å²) in [7, 11) is 1.30. The van der Waals surface area contributed by atoms with Gasteiger partial charge in [0, 0.05) is 6.20 Å². The van der Waals surface area contributed by atoms with Crippen LogP contribution in [0.4, 0.5) is 0 Å². The van der Waals surface area contributed by atoms with Gasteiger partial charge >= 0.3 is 5.97 Å². The Balaban J connectivity index is 1.82. The third-order valence-electron chi connectivity index (χ3n) is 5.51. The zero-order valence-electron chi connectivity index (χ0n) is 20.7. The first-order chi connectivity index (χ1) is 18.0. The highest BCUT2D eigenvalue weighted by Crippen LogP contribution is 2.35. The molecule has 0 radical (unpaired) electrons. The second-order valence-electron chi connectivity index (χ2n) is 7.81. The Hall–Kier alpha value is -4.29. The van der Waals surface area contributed by atoms with Gasteiger partial charge in [0.15, 0.2) is 16.3 Å². The minimum absolute atomic E-state index is 0.178. The number of carbonyl (C=O) groups is 1. The molecule has 0 N–H and O–H groups in total. The molecule has 190 valence electrons. The Morgan fingerprint density at radius 3 is 2.51 bits per heavy atom. The molecule has 1 aliphatic rings. The topological polar surface area (TPSA) is 88.3 Å². The largest absolute Gasteiger partial charge is 0.490 e. The van der Waals surface area contributed by atoms with Gasteiger partial charge in [-0.2, -0.15) is 0 Å². The molecule has 0 unspecified atom stereocenters. The minimum atomic E-state index is -0.750. The van der Waals surface area contributed by atoms with E-state index in [2.05, 4.69) is 10.9 Å². The standard InChI is InChI=1S/C28H26N2O6S/c1-5-14-36-20-11-8-18(9-12-20)15-24-26(31)30-25(21(27(32)33-4)17-29-28(30)37-24)19-10-13-22(34-6-2)23(16-19)35-7-3/h1,8-13,15-17,25H,6-7,14H2,2-4H3/b24-15-/t25-/m1/s1. The average Bonchev–Trinajstić information content (AvgIpc) is 3.23. The first-order valence-electron chi connectivity index (χ1n) is 11.7. The summed E-state index contributed by atoms with van der Waals surface area (Å²) in [5, 5.41) is 0. The predicted octanol–water partition coefficient (Wildman–Crippen LogP) is 2.83. The third-order valence-corrected chi connectivity index (χ3v) is 6.51. The molecule has 2 heterocycles. The monoisotopic (exact) mass is 518 g/mol. The van der Waals surface area contributed by atoms with Crippen molar-refractivity contribution < 1.29 is 23.7 Å². The van der Waals surface area contributed by atoms with Crippen LogP contribution in [0.15, 0.2) is 64.0 Å². The van der Waals surface area contributed by atoms with Crippen LogP contribution in [0.2, 0.25) is 0 Å². The van der Waals surface area contributed by atoms with Crippen LogP contribution in [-0.4, -0.2) is 37.5 Å². The fourth-order valence-electron chi connectivity index (χ4n) is 3.92. The van der Waals surface area contributed by atoms with E-state index in [1.165, 1.54) is 29.2 Å². The number of benzene rings is 2. The third kappa shape index (κ3) is 5.44. The van der Waals surface area contributed by atoms with Crippen molar-refractivity contribution in [3.05, 3.63) is 85.1 Å². The molecule has 9 heteroatoms. The van der Waals surface area contributed by atoms with Crippen molar-refractivity contribution in [3.63, 3.8) is 0 Å². The Morgan fingerprint density at radius 2 is 1.84 bits per heavy atom. The molecule has 0 bridgehead atoms. The number of esters is 1. The smallest absolute Gasteiger partial charge is 0.337 e. The summed E-state index contributed by atoms with van der Waals surface area (Å²) in [6, 6.07) is 11.9. The number of hydrogen-bond donors (Lipinski definition) is 0. The van der Waals surface area contributed by atoms with E-state index in [0.717, 1.165) is 5.56 Å². The lowest BCUT2D eigenvalue weighted by Crippen LogP contribution is -2.39. The molecule has 0 fully saturated rings. The molecule has 2 aromatic carbocycles. The van der Waals surface area contributed by atoms with Crippen molar-refractivity contribution in [1.82, 2.24) is 4.57 Å². The zero-order chi connectivity index (χ0) is 26.4. The zero-order valence-corrected chi connectivity index (χ0v) is 21.5. The van der Waals surface area contributed by atoms with Gasteiger partial charge in [0.2, 0.25) is 0 Å². The quantitative estimate of drug-likeness (QED) is 0.320. The average molecular weight is 519 g/mol. The molecule has 3 aromatic rings. The highest BCUT2D eigenvalue weighted by atomic mass is 32.1. The number of hydrogen-bond acceptors (Lipinski definition) is 8. The molecule has 0 aliphatic carbocycles. The van der Waals surface area contributed by atoms with Gasteiger partial charge in [-0.05, 0) is 55.3 Å². The predicted molar refractivity (Wildman–Crippen MR) is 141 cm³/mol. The molecule has 1 atom stereocenters. The highest BCUT2D eigenvalue weighted by Gasteiger charge is 2.31. The van der Waals surface area contributed by atoms with Crippen molar-refractivity contribution in [2.45, 2.75) is 19.9 Å². The van der Waals surface area contributed by atoms with Crippen LogP contribution in [0.25, 0.3) is 6.08 Å². The lowest BCUT2D eigenvalue weighted by atomic mass is 9.97. The molecular formula is C28H26N2O6S. The molecule has 1 aliphatic heterocycles. The van der Waals surface area contributed by atoms with Crippen LogP contribution in [0.1, 0.15) is 31.0 Å². The normalized spacial score (nSPS) is 14.6. The molecule has 0 saturated heterocycles. The van der Waals surface area contributed by atoms with Crippen molar-refractivity contribution >= 4 is 23.4 Å². The maximum atomic E-state index is 13.6. The first-order valence-corrected chi connectivity index (χ1v) is 12.5. The fourth-order valence-corrected chi connectivity index (χ4v) is 4.89. The Labute approximate surface area is 218 Å². The van der Waals surface area contributed by atoms with E-state index < -0.39 is 12.0 Å². The molecule has 0 saturated carbocycles. The van der Waals surface area contributed by atoms with Gasteiger partial charge < -0.3 is 18.9 Å². The molecule has 4 rings (SSSR count). The van der Waals surface area contributed by atoms with Crippen LogP contribution in [-0.2, 0) is 9.53 Å². The van der Waals surface area contributed by atoms with Crippen LogP contribution < -0.4 is 29.1 Å². The summed E-state index contributed by atoms with van der Waals surface area (Å²) in [6.45, 7) is 4.84. The van der Waals surface area contributed by atoms with E-state index in [1.54, 1.807) is 30.3 Å². The summed E-state index contributed by atoms with van der Waals surface area (Å²) >= 11 is 1.24. The van der Waals surface area contributed by atoms with Gasteiger partial charge in [0.25, 0.3) is 5.56 Å². The summed E-state index contributed by atoms with van der Waals surface area (Å²) < 4.78 is 23.9. The van der Waals surface area contributed by atoms with Gasteiger partial charge in [0.05, 0.1) is 36.5 Å². The van der Waals surface area contributed by atoms with Gasteiger partial charge in [-0.15, -0.1) is 6.42 Å². The maximum Gasteiger partial charge on any atom is 0.337 e. The highest BCUT2D eigenvalue weighted by molar-refractivity contribution is 7.07. The van der Waals surface area contributed by atoms with Crippen LogP contribution in [0, 0.1) is 12.3 Å². The van der Waals surface area contributed by atoms with E-state index in [1.807, 2.05) is 32.0 Å². The van der Waals surface area contributed by atoms with E-state index in [0.29, 0.717) is 45.4 Å². The Kier molecular flexibility index (Phi) is 8.11. The molecule has 8 nitrogen and oxygen atoms in total. The van der Waals surface area contributed by atoms with Crippen molar-refractivity contribution in [2.75, 3.05) is 26.9 Å². The number of methoxy groups -OCH3 is 1. The van der Waals surface area contributed by atoms with Crippen molar-refractivity contribution in [3.8, 4) is 29.6 Å². The molecule has 0 amide bonds. The molecule has 37 heavy (non-hydrogen) atoms. The Bertz CT molecular complexity index is 1540. The summed E-state index contributed by atoms with van der Waals surface area (Å²) in [5.74, 6) is 3.60. The van der Waals surface area contributed by atoms with Gasteiger partial charge in [-0.3, -0.25) is 9.36 Å². The van der Waals surface area contributed by atoms with Crippen LogP contribution in [0.3, 0.4) is 0 Å². The van der Waals surface area contributed by atoms with Crippen molar-refractivity contribution in [2.24, 2.45) is 4.99 Å². The van der Waals surface area contributed by atoms with Crippen molar-refractivity contribution in [1.29, 1.82) is 0 Å². The Morgan fingerprint density at radius 1 is 1.11 bits per heavy atom. The second-order valence-corrected chi connectivity index (χ2v) is 8.82. The fraction of sp³-hybridized carbons (Fsp3) is 0.250.